The first-order valence-electron chi connectivity index (χ1n) is 6.33. The highest BCUT2D eigenvalue weighted by Gasteiger charge is 2.17. The molecule has 0 bridgehead atoms. The van der Waals surface area contributed by atoms with Crippen molar-refractivity contribution in [2.75, 3.05) is 0 Å². The number of benzene rings is 1. The number of hydrogen-bond acceptors (Lipinski definition) is 3. The lowest BCUT2D eigenvalue weighted by Crippen LogP contribution is -2.31. The molecule has 2 unspecified atom stereocenters. The summed E-state index contributed by atoms with van der Waals surface area (Å²) in [6.45, 7) is 2.34. The number of nitrogens with one attached hydrogen (secondary N) is 1. The highest BCUT2D eigenvalue weighted by atomic mass is 19.2. The zero-order valence-electron chi connectivity index (χ0n) is 11.1. The van der Waals surface area contributed by atoms with Gasteiger partial charge in [-0.25, -0.2) is 8.78 Å². The van der Waals surface area contributed by atoms with Crippen molar-refractivity contribution in [3.8, 4) is 0 Å². The fourth-order valence-electron chi connectivity index (χ4n) is 1.88. The van der Waals surface area contributed by atoms with Crippen molar-refractivity contribution in [1.82, 2.24) is 10.3 Å². The minimum absolute atomic E-state index is 0.298. The van der Waals surface area contributed by atoms with Gasteiger partial charge in [0.1, 0.15) is 0 Å². The van der Waals surface area contributed by atoms with Gasteiger partial charge in [-0.2, -0.15) is 0 Å². The highest BCUT2D eigenvalue weighted by molar-refractivity contribution is 5.21. The van der Waals surface area contributed by atoms with Gasteiger partial charge in [0.15, 0.2) is 11.6 Å². The van der Waals surface area contributed by atoms with Gasteiger partial charge in [-0.1, -0.05) is 6.07 Å². The van der Waals surface area contributed by atoms with Gasteiger partial charge in [0, 0.05) is 25.0 Å². The molecule has 0 aliphatic carbocycles. The summed E-state index contributed by atoms with van der Waals surface area (Å²) in [6, 6.07) is 6.85. The van der Waals surface area contributed by atoms with Crippen LogP contribution in [0.15, 0.2) is 42.7 Å². The smallest absolute Gasteiger partial charge is 0.159 e. The van der Waals surface area contributed by atoms with Gasteiger partial charge < -0.3 is 10.4 Å². The molecule has 0 aliphatic heterocycles. The van der Waals surface area contributed by atoms with E-state index in [1.54, 1.807) is 19.3 Å². The first-order chi connectivity index (χ1) is 9.58. The lowest BCUT2D eigenvalue weighted by Gasteiger charge is -2.21. The van der Waals surface area contributed by atoms with Crippen molar-refractivity contribution >= 4 is 0 Å². The van der Waals surface area contributed by atoms with E-state index in [2.05, 4.69) is 10.3 Å². The maximum absolute atomic E-state index is 13.1. The van der Waals surface area contributed by atoms with Gasteiger partial charge >= 0.3 is 0 Å². The minimum Gasteiger partial charge on any atom is -0.387 e. The van der Waals surface area contributed by atoms with E-state index in [1.165, 1.54) is 6.07 Å². The van der Waals surface area contributed by atoms with Gasteiger partial charge in [0.25, 0.3) is 0 Å². The summed E-state index contributed by atoms with van der Waals surface area (Å²) in [7, 11) is 0. The summed E-state index contributed by atoms with van der Waals surface area (Å²) in [5.74, 6) is -1.87. The van der Waals surface area contributed by atoms with Crippen LogP contribution in [0.25, 0.3) is 0 Å². The van der Waals surface area contributed by atoms with Crippen LogP contribution in [0.2, 0.25) is 0 Å². The van der Waals surface area contributed by atoms with Gasteiger partial charge in [-0.15, -0.1) is 0 Å². The van der Waals surface area contributed by atoms with Crippen LogP contribution in [0.4, 0.5) is 8.78 Å². The SMILES string of the molecule is CC(NCc1ccncc1)C(O)c1ccc(F)c(F)c1. The molecule has 0 amide bonds. The molecule has 1 aromatic carbocycles. The topological polar surface area (TPSA) is 45.2 Å². The monoisotopic (exact) mass is 278 g/mol. The molecule has 2 atom stereocenters. The second-order valence-electron chi connectivity index (χ2n) is 4.64. The Morgan fingerprint density at radius 3 is 2.50 bits per heavy atom. The van der Waals surface area contributed by atoms with E-state index in [-0.39, 0.29) is 6.04 Å². The van der Waals surface area contributed by atoms with Gasteiger partial charge in [-0.05, 0) is 42.3 Å². The van der Waals surface area contributed by atoms with Crippen LogP contribution >= 0.6 is 0 Å². The third kappa shape index (κ3) is 3.59. The van der Waals surface area contributed by atoms with Crippen molar-refractivity contribution in [3.05, 3.63) is 65.5 Å². The van der Waals surface area contributed by atoms with E-state index < -0.39 is 17.7 Å². The average Bonchev–Trinajstić information content (AvgIpc) is 2.48. The van der Waals surface area contributed by atoms with E-state index in [4.69, 9.17) is 0 Å². The summed E-state index contributed by atoms with van der Waals surface area (Å²) < 4.78 is 26.0. The van der Waals surface area contributed by atoms with Gasteiger partial charge in [0.05, 0.1) is 6.10 Å². The lowest BCUT2D eigenvalue weighted by atomic mass is 10.0. The molecule has 2 rings (SSSR count). The molecule has 0 radical (unpaired) electrons. The number of nitrogens with zero attached hydrogens (tertiary/aromatic N) is 1. The van der Waals surface area contributed by atoms with Crippen LogP contribution in [0.3, 0.4) is 0 Å². The largest absolute Gasteiger partial charge is 0.387 e. The number of halogens is 2. The Morgan fingerprint density at radius 2 is 1.85 bits per heavy atom. The minimum atomic E-state index is -0.956. The maximum atomic E-state index is 13.1. The number of aromatic nitrogens is 1. The zero-order chi connectivity index (χ0) is 14.5. The molecule has 106 valence electrons. The Bertz CT molecular complexity index is 563. The third-order valence-electron chi connectivity index (χ3n) is 3.14. The second-order valence-corrected chi connectivity index (χ2v) is 4.64. The zero-order valence-corrected chi connectivity index (χ0v) is 11.1. The third-order valence-corrected chi connectivity index (χ3v) is 3.14. The maximum Gasteiger partial charge on any atom is 0.159 e. The number of pyridine rings is 1. The van der Waals surface area contributed by atoms with Crippen LogP contribution < -0.4 is 5.32 Å². The van der Waals surface area contributed by atoms with Crippen LogP contribution in [0, 0.1) is 11.6 Å². The van der Waals surface area contributed by atoms with Crippen LogP contribution in [0.1, 0.15) is 24.2 Å². The molecule has 1 heterocycles. The molecule has 3 nitrogen and oxygen atoms in total. The van der Waals surface area contributed by atoms with Crippen molar-refractivity contribution in [3.63, 3.8) is 0 Å². The second kappa shape index (κ2) is 6.54. The average molecular weight is 278 g/mol. The van der Waals surface area contributed by atoms with E-state index in [1.807, 2.05) is 12.1 Å². The number of hydrogen-bond donors (Lipinski definition) is 2. The molecule has 0 saturated carbocycles. The first-order valence-corrected chi connectivity index (χ1v) is 6.33. The van der Waals surface area contributed by atoms with E-state index in [0.717, 1.165) is 17.7 Å². The van der Waals surface area contributed by atoms with Crippen LogP contribution in [-0.2, 0) is 6.54 Å². The van der Waals surface area contributed by atoms with E-state index in [0.29, 0.717) is 12.1 Å². The summed E-state index contributed by atoms with van der Waals surface area (Å²) >= 11 is 0. The molecule has 2 aromatic rings. The van der Waals surface area contributed by atoms with Crippen molar-refractivity contribution < 1.29 is 13.9 Å². The fraction of sp³-hybridized carbons (Fsp3) is 0.267. The molecule has 1 aromatic heterocycles. The predicted molar refractivity (Wildman–Crippen MR) is 71.9 cm³/mol. The highest BCUT2D eigenvalue weighted by Crippen LogP contribution is 2.19. The Kier molecular flexibility index (Phi) is 4.76. The molecule has 0 spiro atoms. The number of aliphatic hydroxyl groups excluding tert-OH is 1. The number of aliphatic hydroxyl groups is 1. The van der Waals surface area contributed by atoms with Gasteiger partial charge in [-0.3, -0.25) is 4.98 Å². The first kappa shape index (κ1) is 14.6. The van der Waals surface area contributed by atoms with E-state index in [9.17, 15) is 13.9 Å². The van der Waals surface area contributed by atoms with Crippen LogP contribution in [0.5, 0.6) is 0 Å². The molecule has 2 N–H and O–H groups in total. The van der Waals surface area contributed by atoms with Crippen molar-refractivity contribution in [2.24, 2.45) is 0 Å². The summed E-state index contributed by atoms with van der Waals surface area (Å²) in [5.41, 5.74) is 1.38. The Hall–Kier alpha value is -1.85. The molecule has 20 heavy (non-hydrogen) atoms. The predicted octanol–water partition coefficient (Wildman–Crippen LogP) is 2.57. The standard InChI is InChI=1S/C15H16F2N2O/c1-10(19-9-11-4-6-18-7-5-11)15(20)12-2-3-13(16)14(17)8-12/h2-8,10,15,19-20H,9H2,1H3. The molecular formula is C15H16F2N2O. The van der Waals surface area contributed by atoms with Crippen LogP contribution in [-0.4, -0.2) is 16.1 Å². The van der Waals surface area contributed by atoms with Crippen molar-refractivity contribution in [1.29, 1.82) is 0 Å². The Balaban J connectivity index is 1.97. The normalized spacial score (nSPS) is 14.0. The molecule has 0 fully saturated rings. The molecule has 5 heteroatoms. The molecular weight excluding hydrogens is 262 g/mol. The summed E-state index contributed by atoms with van der Waals surface area (Å²) in [4.78, 5) is 3.92. The van der Waals surface area contributed by atoms with Crippen molar-refractivity contribution in [2.45, 2.75) is 25.6 Å². The molecule has 0 aliphatic rings. The number of rotatable bonds is 5. The Morgan fingerprint density at radius 1 is 1.15 bits per heavy atom. The van der Waals surface area contributed by atoms with E-state index >= 15 is 0 Å². The summed E-state index contributed by atoms with van der Waals surface area (Å²) in [6.07, 6.45) is 2.47. The summed E-state index contributed by atoms with van der Waals surface area (Å²) in [5, 5.41) is 13.3. The lowest BCUT2D eigenvalue weighted by molar-refractivity contribution is 0.135. The van der Waals surface area contributed by atoms with Gasteiger partial charge in [0.2, 0.25) is 0 Å². The Labute approximate surface area is 116 Å². The quantitative estimate of drug-likeness (QED) is 0.883. The fourth-order valence-corrected chi connectivity index (χ4v) is 1.88. The molecule has 0 saturated heterocycles.